The van der Waals surface area contributed by atoms with Crippen molar-refractivity contribution >= 4 is 5.91 Å². The number of rotatable bonds is 3. The molecule has 0 heterocycles. The van der Waals surface area contributed by atoms with Crippen molar-refractivity contribution in [3.8, 4) is 0 Å². The molecular weight excluding hydrogens is 222 g/mol. The summed E-state index contributed by atoms with van der Waals surface area (Å²) in [5, 5.41) is 3.12. The summed E-state index contributed by atoms with van der Waals surface area (Å²) < 4.78 is 0. The Morgan fingerprint density at radius 1 is 1.22 bits per heavy atom. The van der Waals surface area contributed by atoms with Gasteiger partial charge in [0.05, 0.1) is 6.04 Å². The number of benzene rings is 1. The first kappa shape index (κ1) is 12.9. The molecule has 2 heteroatoms. The first-order chi connectivity index (χ1) is 8.68. The number of nitrogens with one attached hydrogen (secondary N) is 1. The summed E-state index contributed by atoms with van der Waals surface area (Å²) in [5.41, 5.74) is 1.16. The fourth-order valence-corrected chi connectivity index (χ4v) is 2.46. The number of allylic oxidation sites excluding steroid dienone is 2. The van der Waals surface area contributed by atoms with Crippen LogP contribution in [0.4, 0.5) is 0 Å². The van der Waals surface area contributed by atoms with Gasteiger partial charge in [-0.2, -0.15) is 0 Å². The van der Waals surface area contributed by atoms with Crippen LogP contribution >= 0.6 is 0 Å². The molecular formula is C16H21NO. The van der Waals surface area contributed by atoms with Crippen LogP contribution in [0.2, 0.25) is 0 Å². The van der Waals surface area contributed by atoms with E-state index in [2.05, 4.69) is 36.5 Å². The number of hydrogen-bond acceptors (Lipinski definition) is 1. The molecule has 1 aliphatic carbocycles. The lowest BCUT2D eigenvalue weighted by Crippen LogP contribution is -2.36. The smallest absolute Gasteiger partial charge is 0.224 e. The van der Waals surface area contributed by atoms with Gasteiger partial charge in [-0.15, -0.1) is 0 Å². The van der Waals surface area contributed by atoms with E-state index in [9.17, 15) is 4.79 Å². The molecule has 1 amide bonds. The molecule has 1 N–H and O–H groups in total. The summed E-state index contributed by atoms with van der Waals surface area (Å²) in [6.07, 6.45) is 6.18. The average Bonchev–Trinajstić information content (AvgIpc) is 2.40. The van der Waals surface area contributed by atoms with Gasteiger partial charge in [0.25, 0.3) is 0 Å². The van der Waals surface area contributed by atoms with Crippen LogP contribution in [0.15, 0.2) is 42.5 Å². The molecule has 1 aromatic rings. The molecule has 0 bridgehead atoms. The van der Waals surface area contributed by atoms with E-state index in [0.29, 0.717) is 5.92 Å². The predicted octanol–water partition coefficient (Wildman–Crippen LogP) is 3.47. The molecule has 1 aliphatic rings. The lowest BCUT2D eigenvalue weighted by Gasteiger charge is -2.26. The highest BCUT2D eigenvalue weighted by Gasteiger charge is 2.26. The monoisotopic (exact) mass is 243 g/mol. The average molecular weight is 243 g/mol. The van der Waals surface area contributed by atoms with Crippen LogP contribution in [0.25, 0.3) is 0 Å². The molecule has 2 nitrogen and oxygen atoms in total. The highest BCUT2D eigenvalue weighted by atomic mass is 16.1. The van der Waals surface area contributed by atoms with Crippen LogP contribution in [0.1, 0.15) is 38.3 Å². The van der Waals surface area contributed by atoms with Crippen molar-refractivity contribution in [3.63, 3.8) is 0 Å². The van der Waals surface area contributed by atoms with Gasteiger partial charge >= 0.3 is 0 Å². The standard InChI is InChI=1S/C16H21NO/c1-12-8-6-7-11-15(12)16(18)17-13(2)14-9-4-3-5-10-14/h3-7,9-10,12-13,15H,8,11H2,1-2H3,(H,17,18)/t12-,13-,15-/m1/s1. The van der Waals surface area contributed by atoms with Crippen molar-refractivity contribution in [1.82, 2.24) is 5.32 Å². The Kier molecular flexibility index (Phi) is 4.19. The SMILES string of the molecule is C[C@@H]1CC=CC[C@H]1C(=O)N[C@H](C)c1ccccc1. The van der Waals surface area contributed by atoms with E-state index in [4.69, 9.17) is 0 Å². The lowest BCUT2D eigenvalue weighted by molar-refractivity contribution is -0.127. The molecule has 3 atom stereocenters. The van der Waals surface area contributed by atoms with Gasteiger partial charge in [0.15, 0.2) is 0 Å². The van der Waals surface area contributed by atoms with Crippen molar-refractivity contribution in [1.29, 1.82) is 0 Å². The number of carbonyl (C=O) groups is 1. The van der Waals surface area contributed by atoms with Gasteiger partial charge in [0, 0.05) is 5.92 Å². The topological polar surface area (TPSA) is 29.1 Å². The van der Waals surface area contributed by atoms with Gasteiger partial charge in [0.1, 0.15) is 0 Å². The Balaban J connectivity index is 1.97. The summed E-state index contributed by atoms with van der Waals surface area (Å²) in [6.45, 7) is 4.19. The zero-order valence-corrected chi connectivity index (χ0v) is 11.1. The molecule has 0 aromatic heterocycles. The minimum absolute atomic E-state index is 0.0804. The van der Waals surface area contributed by atoms with Gasteiger partial charge in [0.2, 0.25) is 5.91 Å². The maximum atomic E-state index is 12.2. The van der Waals surface area contributed by atoms with Crippen LogP contribution in [0, 0.1) is 11.8 Å². The molecule has 96 valence electrons. The minimum atomic E-state index is 0.0804. The van der Waals surface area contributed by atoms with Crippen molar-refractivity contribution in [2.45, 2.75) is 32.7 Å². The third-order valence-electron chi connectivity index (χ3n) is 3.75. The molecule has 0 saturated carbocycles. The van der Waals surface area contributed by atoms with E-state index < -0.39 is 0 Å². The highest BCUT2D eigenvalue weighted by molar-refractivity contribution is 5.79. The van der Waals surface area contributed by atoms with Gasteiger partial charge in [-0.3, -0.25) is 4.79 Å². The Hall–Kier alpha value is -1.57. The zero-order valence-electron chi connectivity index (χ0n) is 11.1. The first-order valence-corrected chi connectivity index (χ1v) is 6.69. The van der Waals surface area contributed by atoms with Crippen LogP contribution in [-0.4, -0.2) is 5.91 Å². The van der Waals surface area contributed by atoms with Gasteiger partial charge < -0.3 is 5.32 Å². The Morgan fingerprint density at radius 2 is 1.89 bits per heavy atom. The van der Waals surface area contributed by atoms with Gasteiger partial charge in [-0.1, -0.05) is 49.4 Å². The fourth-order valence-electron chi connectivity index (χ4n) is 2.46. The normalized spacial score (nSPS) is 24.6. The highest BCUT2D eigenvalue weighted by Crippen LogP contribution is 2.26. The van der Waals surface area contributed by atoms with Crippen molar-refractivity contribution < 1.29 is 4.79 Å². The molecule has 2 rings (SSSR count). The quantitative estimate of drug-likeness (QED) is 0.809. The number of carbonyl (C=O) groups excluding carboxylic acids is 1. The third kappa shape index (κ3) is 3.00. The minimum Gasteiger partial charge on any atom is -0.349 e. The van der Waals surface area contributed by atoms with E-state index in [1.165, 1.54) is 0 Å². The largest absolute Gasteiger partial charge is 0.349 e. The van der Waals surface area contributed by atoms with Crippen LogP contribution in [0.3, 0.4) is 0 Å². The second-order valence-electron chi connectivity index (χ2n) is 5.17. The molecule has 0 fully saturated rings. The van der Waals surface area contributed by atoms with E-state index in [1.54, 1.807) is 0 Å². The molecule has 0 aliphatic heterocycles. The molecule has 0 radical (unpaired) electrons. The van der Waals surface area contributed by atoms with Crippen LogP contribution in [0.5, 0.6) is 0 Å². The van der Waals surface area contributed by atoms with Crippen LogP contribution < -0.4 is 5.32 Å². The summed E-state index contributed by atoms with van der Waals surface area (Å²) in [4.78, 5) is 12.2. The molecule has 0 unspecified atom stereocenters. The predicted molar refractivity (Wildman–Crippen MR) is 74.0 cm³/mol. The second kappa shape index (κ2) is 5.85. The summed E-state index contributed by atoms with van der Waals surface area (Å²) in [5.74, 6) is 0.752. The van der Waals surface area contributed by atoms with E-state index in [-0.39, 0.29) is 17.9 Å². The van der Waals surface area contributed by atoms with E-state index in [1.807, 2.05) is 25.1 Å². The lowest BCUT2D eigenvalue weighted by atomic mass is 9.83. The fraction of sp³-hybridized carbons (Fsp3) is 0.438. The second-order valence-corrected chi connectivity index (χ2v) is 5.17. The first-order valence-electron chi connectivity index (χ1n) is 6.69. The molecule has 0 spiro atoms. The molecule has 0 saturated heterocycles. The Labute approximate surface area is 109 Å². The Bertz CT molecular complexity index is 424. The van der Waals surface area contributed by atoms with E-state index >= 15 is 0 Å². The third-order valence-corrected chi connectivity index (χ3v) is 3.75. The number of amides is 1. The zero-order chi connectivity index (χ0) is 13.0. The van der Waals surface area contributed by atoms with Crippen molar-refractivity contribution in [2.24, 2.45) is 11.8 Å². The maximum Gasteiger partial charge on any atom is 0.224 e. The molecule has 1 aromatic carbocycles. The maximum absolute atomic E-state index is 12.2. The van der Waals surface area contributed by atoms with Crippen LogP contribution in [-0.2, 0) is 4.79 Å². The van der Waals surface area contributed by atoms with Gasteiger partial charge in [-0.25, -0.2) is 0 Å². The number of hydrogen-bond donors (Lipinski definition) is 1. The summed E-state index contributed by atoms with van der Waals surface area (Å²) in [6, 6.07) is 10.2. The van der Waals surface area contributed by atoms with Crippen molar-refractivity contribution in [2.75, 3.05) is 0 Å². The van der Waals surface area contributed by atoms with Crippen molar-refractivity contribution in [3.05, 3.63) is 48.0 Å². The van der Waals surface area contributed by atoms with E-state index in [0.717, 1.165) is 18.4 Å². The summed E-state index contributed by atoms with van der Waals surface area (Å²) in [7, 11) is 0. The summed E-state index contributed by atoms with van der Waals surface area (Å²) >= 11 is 0. The Morgan fingerprint density at radius 3 is 2.56 bits per heavy atom. The molecule has 18 heavy (non-hydrogen) atoms. The van der Waals surface area contributed by atoms with Gasteiger partial charge in [-0.05, 0) is 31.2 Å².